The molecule has 4 nitrogen and oxygen atoms in total. The monoisotopic (exact) mass is 229 g/mol. The smallest absolute Gasteiger partial charge is 0.189 e. The van der Waals surface area contributed by atoms with Gasteiger partial charge in [0, 0.05) is 10.2 Å². The van der Waals surface area contributed by atoms with Gasteiger partial charge in [0.25, 0.3) is 0 Å². The van der Waals surface area contributed by atoms with Crippen LogP contribution in [0.15, 0.2) is 21.8 Å². The number of oxime groups is 1. The molecule has 0 aromatic carbocycles. The van der Waals surface area contributed by atoms with Crippen molar-refractivity contribution in [2.24, 2.45) is 10.9 Å². The quantitative estimate of drug-likeness (QED) is 0.330. The normalized spacial score (nSPS) is 11.7. The van der Waals surface area contributed by atoms with Crippen LogP contribution in [0.25, 0.3) is 0 Å². The molecule has 0 saturated heterocycles. The Morgan fingerprint density at radius 1 is 1.67 bits per heavy atom. The van der Waals surface area contributed by atoms with Crippen molar-refractivity contribution in [1.29, 1.82) is 0 Å². The van der Waals surface area contributed by atoms with Crippen molar-refractivity contribution in [1.82, 2.24) is 4.98 Å². The average molecular weight is 230 g/mol. The predicted octanol–water partition coefficient (Wildman–Crippen LogP) is 1.25. The molecule has 0 aliphatic carbocycles. The molecule has 12 heavy (non-hydrogen) atoms. The molecule has 1 aromatic heterocycles. The highest BCUT2D eigenvalue weighted by Gasteiger charge is 2.05. The Hall–Kier alpha value is -1.10. The van der Waals surface area contributed by atoms with Gasteiger partial charge in [0.1, 0.15) is 5.69 Å². The summed E-state index contributed by atoms with van der Waals surface area (Å²) in [6.07, 6.45) is 0. The van der Waals surface area contributed by atoms with Crippen molar-refractivity contribution in [3.8, 4) is 0 Å². The molecule has 1 rings (SSSR count). The third-order valence-electron chi connectivity index (χ3n) is 1.34. The number of nitrogens with zero attached hydrogens (tertiary/aromatic N) is 2. The minimum Gasteiger partial charge on any atom is -0.409 e. The van der Waals surface area contributed by atoms with Gasteiger partial charge in [-0.2, -0.15) is 0 Å². The SMILES string of the molecule is Cc1ccc(Br)c(C(N)=NO)n1. The van der Waals surface area contributed by atoms with Crippen molar-refractivity contribution in [2.75, 3.05) is 0 Å². The van der Waals surface area contributed by atoms with E-state index < -0.39 is 0 Å². The number of nitrogens with two attached hydrogens (primary N) is 1. The Morgan fingerprint density at radius 2 is 2.33 bits per heavy atom. The maximum absolute atomic E-state index is 8.41. The number of rotatable bonds is 1. The first-order chi connectivity index (χ1) is 5.65. The van der Waals surface area contributed by atoms with E-state index in [-0.39, 0.29) is 5.84 Å². The van der Waals surface area contributed by atoms with E-state index >= 15 is 0 Å². The van der Waals surface area contributed by atoms with Crippen LogP contribution < -0.4 is 5.73 Å². The molecule has 0 saturated carbocycles. The minimum absolute atomic E-state index is 0.00516. The second-order valence-electron chi connectivity index (χ2n) is 2.27. The summed E-state index contributed by atoms with van der Waals surface area (Å²) in [5.41, 5.74) is 6.65. The van der Waals surface area contributed by atoms with Crippen LogP contribution in [0, 0.1) is 6.92 Å². The summed E-state index contributed by atoms with van der Waals surface area (Å²) in [6, 6.07) is 3.63. The molecule has 0 amide bonds. The Kier molecular flexibility index (Phi) is 2.65. The van der Waals surface area contributed by atoms with Gasteiger partial charge >= 0.3 is 0 Å². The van der Waals surface area contributed by atoms with Crippen LogP contribution in [0.1, 0.15) is 11.4 Å². The molecule has 3 N–H and O–H groups in total. The molecule has 0 spiro atoms. The van der Waals surface area contributed by atoms with E-state index in [9.17, 15) is 0 Å². The van der Waals surface area contributed by atoms with Gasteiger partial charge in [0.15, 0.2) is 5.84 Å². The van der Waals surface area contributed by atoms with Crippen LogP contribution in [0.2, 0.25) is 0 Å². The molecular formula is C7H8BrN3O. The van der Waals surface area contributed by atoms with Crippen molar-refractivity contribution < 1.29 is 5.21 Å². The summed E-state index contributed by atoms with van der Waals surface area (Å²) in [7, 11) is 0. The lowest BCUT2D eigenvalue weighted by atomic mass is 10.3. The fourth-order valence-electron chi connectivity index (χ4n) is 0.767. The van der Waals surface area contributed by atoms with Crippen LogP contribution in [-0.2, 0) is 0 Å². The fraction of sp³-hybridized carbons (Fsp3) is 0.143. The molecule has 0 aliphatic rings. The first-order valence-corrected chi connectivity index (χ1v) is 4.05. The number of halogens is 1. The molecule has 64 valence electrons. The van der Waals surface area contributed by atoms with Gasteiger partial charge in [0.2, 0.25) is 0 Å². The van der Waals surface area contributed by atoms with E-state index in [0.717, 1.165) is 5.69 Å². The van der Waals surface area contributed by atoms with E-state index in [4.69, 9.17) is 10.9 Å². The molecule has 5 heteroatoms. The number of pyridine rings is 1. The topological polar surface area (TPSA) is 71.5 Å². The van der Waals surface area contributed by atoms with Gasteiger partial charge in [-0.15, -0.1) is 0 Å². The number of amidine groups is 1. The first kappa shape index (κ1) is 8.99. The summed E-state index contributed by atoms with van der Waals surface area (Å²) in [5, 5.41) is 11.3. The van der Waals surface area contributed by atoms with Crippen LogP contribution in [0.3, 0.4) is 0 Å². The van der Waals surface area contributed by atoms with Gasteiger partial charge in [-0.1, -0.05) is 5.16 Å². The molecule has 0 fully saturated rings. The van der Waals surface area contributed by atoms with Crippen LogP contribution in [0.5, 0.6) is 0 Å². The lowest BCUT2D eigenvalue weighted by Crippen LogP contribution is -2.16. The van der Waals surface area contributed by atoms with E-state index in [1.807, 2.05) is 13.0 Å². The van der Waals surface area contributed by atoms with Gasteiger partial charge in [-0.05, 0) is 35.0 Å². The highest BCUT2D eigenvalue weighted by molar-refractivity contribution is 9.10. The van der Waals surface area contributed by atoms with E-state index in [1.54, 1.807) is 6.07 Å². The molecule has 0 bridgehead atoms. The lowest BCUT2D eigenvalue weighted by molar-refractivity contribution is 0.318. The second kappa shape index (κ2) is 3.53. The highest BCUT2D eigenvalue weighted by atomic mass is 79.9. The number of aryl methyl sites for hydroxylation is 1. The maximum Gasteiger partial charge on any atom is 0.189 e. The maximum atomic E-state index is 8.41. The Bertz CT molecular complexity index is 324. The standard InChI is InChI=1S/C7H8BrN3O/c1-4-2-3-5(8)6(10-4)7(9)11-12/h2-3,12H,1H3,(H2,9,11). The van der Waals surface area contributed by atoms with E-state index in [1.165, 1.54) is 0 Å². The molecule has 0 unspecified atom stereocenters. The third-order valence-corrected chi connectivity index (χ3v) is 1.98. The second-order valence-corrected chi connectivity index (χ2v) is 3.12. The largest absolute Gasteiger partial charge is 0.409 e. The minimum atomic E-state index is 0.00516. The number of hydrogen-bond acceptors (Lipinski definition) is 3. The predicted molar refractivity (Wildman–Crippen MR) is 49.2 cm³/mol. The first-order valence-electron chi connectivity index (χ1n) is 3.26. The van der Waals surface area contributed by atoms with Crippen molar-refractivity contribution in [2.45, 2.75) is 6.92 Å². The zero-order valence-corrected chi connectivity index (χ0v) is 8.04. The molecule has 0 aliphatic heterocycles. The molecule has 0 radical (unpaired) electrons. The lowest BCUT2D eigenvalue weighted by Gasteiger charge is -2.01. The summed E-state index contributed by atoms with van der Waals surface area (Å²) >= 11 is 3.24. The summed E-state index contributed by atoms with van der Waals surface area (Å²) < 4.78 is 0.711. The van der Waals surface area contributed by atoms with Crippen LogP contribution >= 0.6 is 15.9 Å². The highest BCUT2D eigenvalue weighted by Crippen LogP contribution is 2.14. The fourth-order valence-corrected chi connectivity index (χ4v) is 1.19. The van der Waals surface area contributed by atoms with Gasteiger partial charge < -0.3 is 10.9 Å². The van der Waals surface area contributed by atoms with Gasteiger partial charge in [-0.25, -0.2) is 4.98 Å². The number of aromatic nitrogens is 1. The average Bonchev–Trinajstić information content (AvgIpc) is 2.08. The Balaban J connectivity index is 3.23. The number of hydrogen-bond donors (Lipinski definition) is 2. The zero-order chi connectivity index (χ0) is 9.14. The van der Waals surface area contributed by atoms with Crippen LogP contribution in [0.4, 0.5) is 0 Å². The Labute approximate surface area is 78.2 Å². The van der Waals surface area contributed by atoms with Crippen LogP contribution in [-0.4, -0.2) is 16.0 Å². The third kappa shape index (κ3) is 1.73. The zero-order valence-electron chi connectivity index (χ0n) is 6.45. The summed E-state index contributed by atoms with van der Waals surface area (Å²) in [6.45, 7) is 1.83. The van der Waals surface area contributed by atoms with Crippen molar-refractivity contribution in [3.63, 3.8) is 0 Å². The summed E-state index contributed by atoms with van der Waals surface area (Å²) in [4.78, 5) is 4.08. The van der Waals surface area contributed by atoms with E-state index in [0.29, 0.717) is 10.2 Å². The van der Waals surface area contributed by atoms with Gasteiger partial charge in [-0.3, -0.25) is 0 Å². The van der Waals surface area contributed by atoms with Crippen molar-refractivity contribution >= 4 is 21.8 Å². The van der Waals surface area contributed by atoms with Gasteiger partial charge in [0.05, 0.1) is 0 Å². The Morgan fingerprint density at radius 3 is 2.92 bits per heavy atom. The molecular weight excluding hydrogens is 222 g/mol. The molecule has 1 heterocycles. The van der Waals surface area contributed by atoms with Crippen molar-refractivity contribution in [3.05, 3.63) is 28.0 Å². The summed E-state index contributed by atoms with van der Waals surface area (Å²) in [5.74, 6) is 0.00516. The molecule has 1 aromatic rings. The van der Waals surface area contributed by atoms with E-state index in [2.05, 4.69) is 26.1 Å². The molecule has 0 atom stereocenters.